The van der Waals surface area contributed by atoms with Gasteiger partial charge in [0.05, 0.1) is 12.2 Å². The summed E-state index contributed by atoms with van der Waals surface area (Å²) in [5.74, 6) is 1.89. The van der Waals surface area contributed by atoms with Gasteiger partial charge in [-0.1, -0.05) is 19.1 Å². The molecule has 0 aliphatic carbocycles. The zero-order chi connectivity index (χ0) is 19.1. The molecule has 1 N–H and O–H groups in total. The summed E-state index contributed by atoms with van der Waals surface area (Å²) in [6.07, 6.45) is 0.462. The number of carbonyl (C=O) groups is 1. The topological polar surface area (TPSA) is 56.8 Å². The fourth-order valence-corrected chi connectivity index (χ4v) is 2.76. The van der Waals surface area contributed by atoms with E-state index in [1.807, 2.05) is 19.9 Å². The largest absolute Gasteiger partial charge is 0.493 e. The summed E-state index contributed by atoms with van der Waals surface area (Å²) in [6.45, 7) is 8.93. The monoisotopic (exact) mass is 357 g/mol. The van der Waals surface area contributed by atoms with E-state index in [1.165, 1.54) is 18.2 Å². The molecule has 0 radical (unpaired) electrons. The molecule has 0 unspecified atom stereocenters. The van der Waals surface area contributed by atoms with Crippen molar-refractivity contribution in [3.8, 4) is 17.2 Å². The Morgan fingerprint density at radius 3 is 2.38 bits per heavy atom. The minimum absolute atomic E-state index is 0.244. The maximum atomic E-state index is 11.6. The standard InChI is InChI=1S/C21H27NO4/c1-6-16-11-15(4)20(12-14(16)3)25-13-17-18(24-7-2)9-8-10-19(17)26-21(23)22-5/h8-12H,6-7,13H2,1-5H3,(H,22,23). The van der Waals surface area contributed by atoms with Gasteiger partial charge in [0.1, 0.15) is 23.9 Å². The second kappa shape index (κ2) is 9.13. The van der Waals surface area contributed by atoms with Crippen molar-refractivity contribution >= 4 is 6.09 Å². The molecule has 0 heterocycles. The van der Waals surface area contributed by atoms with E-state index in [0.717, 1.165) is 17.7 Å². The second-order valence-corrected chi connectivity index (χ2v) is 5.99. The summed E-state index contributed by atoms with van der Waals surface area (Å²) in [7, 11) is 1.52. The molecule has 0 saturated heterocycles. The summed E-state index contributed by atoms with van der Waals surface area (Å²) < 4.78 is 17.1. The lowest BCUT2D eigenvalue weighted by atomic mass is 10.0. The van der Waals surface area contributed by atoms with Crippen molar-refractivity contribution in [2.45, 2.75) is 40.7 Å². The lowest BCUT2D eigenvalue weighted by Gasteiger charge is -2.17. The van der Waals surface area contributed by atoms with Gasteiger partial charge in [-0.25, -0.2) is 4.79 Å². The van der Waals surface area contributed by atoms with E-state index in [-0.39, 0.29) is 6.61 Å². The predicted molar refractivity (Wildman–Crippen MR) is 102 cm³/mol. The minimum atomic E-state index is -0.528. The van der Waals surface area contributed by atoms with Gasteiger partial charge in [-0.3, -0.25) is 0 Å². The molecule has 5 nitrogen and oxygen atoms in total. The molecule has 2 aromatic carbocycles. The summed E-state index contributed by atoms with van der Waals surface area (Å²) >= 11 is 0. The number of benzene rings is 2. The molecule has 0 saturated carbocycles. The van der Waals surface area contributed by atoms with E-state index in [2.05, 4.69) is 31.3 Å². The third-order valence-corrected chi connectivity index (χ3v) is 4.18. The molecule has 1 amide bonds. The Labute approximate surface area is 155 Å². The third kappa shape index (κ3) is 4.69. The van der Waals surface area contributed by atoms with Crippen LogP contribution in [0.1, 0.15) is 36.1 Å². The predicted octanol–water partition coefficient (Wildman–Crippen LogP) is 4.56. The average Bonchev–Trinajstić information content (AvgIpc) is 2.63. The van der Waals surface area contributed by atoms with Crippen LogP contribution in [0.25, 0.3) is 0 Å². The molecule has 5 heteroatoms. The lowest BCUT2D eigenvalue weighted by Crippen LogP contribution is -2.23. The van der Waals surface area contributed by atoms with Gasteiger partial charge >= 0.3 is 6.09 Å². The fourth-order valence-electron chi connectivity index (χ4n) is 2.76. The van der Waals surface area contributed by atoms with E-state index in [9.17, 15) is 4.79 Å². The summed E-state index contributed by atoms with van der Waals surface area (Å²) in [6, 6.07) is 9.57. The highest BCUT2D eigenvalue weighted by Crippen LogP contribution is 2.31. The number of hydrogen-bond donors (Lipinski definition) is 1. The van der Waals surface area contributed by atoms with Crippen molar-refractivity contribution < 1.29 is 19.0 Å². The Hall–Kier alpha value is -2.69. The fraction of sp³-hybridized carbons (Fsp3) is 0.381. The van der Waals surface area contributed by atoms with E-state index >= 15 is 0 Å². The number of rotatable bonds is 7. The maximum Gasteiger partial charge on any atom is 0.412 e. The highest BCUT2D eigenvalue weighted by Gasteiger charge is 2.15. The van der Waals surface area contributed by atoms with Gasteiger partial charge in [0.2, 0.25) is 0 Å². The number of carbonyl (C=O) groups excluding carboxylic acids is 1. The number of amides is 1. The summed E-state index contributed by atoms with van der Waals surface area (Å²) in [5.41, 5.74) is 4.30. The van der Waals surface area contributed by atoms with Crippen LogP contribution >= 0.6 is 0 Å². The van der Waals surface area contributed by atoms with Gasteiger partial charge < -0.3 is 19.5 Å². The number of ether oxygens (including phenoxy) is 3. The third-order valence-electron chi connectivity index (χ3n) is 4.18. The van der Waals surface area contributed by atoms with Crippen LogP contribution < -0.4 is 19.5 Å². The van der Waals surface area contributed by atoms with Crippen molar-refractivity contribution in [2.24, 2.45) is 0 Å². The molecule has 0 bridgehead atoms. The zero-order valence-electron chi connectivity index (χ0n) is 16.1. The van der Waals surface area contributed by atoms with Gasteiger partial charge in [0.15, 0.2) is 0 Å². The van der Waals surface area contributed by atoms with Crippen LogP contribution in [0.15, 0.2) is 30.3 Å². The summed E-state index contributed by atoms with van der Waals surface area (Å²) in [4.78, 5) is 11.6. The van der Waals surface area contributed by atoms with Crippen LogP contribution in [0.3, 0.4) is 0 Å². The van der Waals surface area contributed by atoms with Gasteiger partial charge in [0, 0.05) is 7.05 Å². The van der Waals surface area contributed by atoms with E-state index in [1.54, 1.807) is 12.1 Å². The van der Waals surface area contributed by atoms with Crippen LogP contribution in [0, 0.1) is 13.8 Å². The molecule has 140 valence electrons. The SMILES string of the molecule is CCOc1cccc(OC(=O)NC)c1COc1cc(C)c(CC)cc1C. The maximum absolute atomic E-state index is 11.6. The van der Waals surface area contributed by atoms with Crippen molar-refractivity contribution in [1.82, 2.24) is 5.32 Å². The van der Waals surface area contributed by atoms with Crippen LogP contribution in [0.2, 0.25) is 0 Å². The highest BCUT2D eigenvalue weighted by atomic mass is 16.6. The number of aryl methyl sites for hydroxylation is 3. The first kappa shape index (κ1) is 19.6. The average molecular weight is 357 g/mol. The Morgan fingerprint density at radius 1 is 1.00 bits per heavy atom. The van der Waals surface area contributed by atoms with Crippen LogP contribution in [0.4, 0.5) is 4.79 Å². The van der Waals surface area contributed by atoms with Crippen molar-refractivity contribution in [3.63, 3.8) is 0 Å². The molecular formula is C21H27NO4. The van der Waals surface area contributed by atoms with E-state index in [4.69, 9.17) is 14.2 Å². The first-order valence-corrected chi connectivity index (χ1v) is 8.87. The van der Waals surface area contributed by atoms with Gasteiger partial charge in [-0.15, -0.1) is 0 Å². The van der Waals surface area contributed by atoms with E-state index < -0.39 is 6.09 Å². The quantitative estimate of drug-likeness (QED) is 0.789. The molecule has 26 heavy (non-hydrogen) atoms. The number of nitrogens with one attached hydrogen (secondary N) is 1. The Morgan fingerprint density at radius 2 is 1.73 bits per heavy atom. The Kier molecular flexibility index (Phi) is 6.89. The van der Waals surface area contributed by atoms with Gasteiger partial charge in [0.25, 0.3) is 0 Å². The van der Waals surface area contributed by atoms with Gasteiger partial charge in [-0.2, -0.15) is 0 Å². The molecule has 0 aliphatic rings. The highest BCUT2D eigenvalue weighted by molar-refractivity contribution is 5.70. The van der Waals surface area contributed by atoms with Crippen LogP contribution in [0.5, 0.6) is 17.2 Å². The molecule has 2 rings (SSSR count). The zero-order valence-corrected chi connectivity index (χ0v) is 16.1. The molecule has 0 aliphatic heterocycles. The Balaban J connectivity index is 2.30. The molecule has 0 spiro atoms. The number of hydrogen-bond acceptors (Lipinski definition) is 4. The van der Waals surface area contributed by atoms with E-state index in [0.29, 0.717) is 23.7 Å². The summed E-state index contributed by atoms with van der Waals surface area (Å²) in [5, 5.41) is 2.45. The first-order chi connectivity index (χ1) is 12.5. The van der Waals surface area contributed by atoms with Gasteiger partial charge in [-0.05, 0) is 62.1 Å². The normalized spacial score (nSPS) is 10.3. The minimum Gasteiger partial charge on any atom is -0.493 e. The molecule has 0 aromatic heterocycles. The lowest BCUT2D eigenvalue weighted by molar-refractivity contribution is 0.200. The molecule has 0 atom stereocenters. The first-order valence-electron chi connectivity index (χ1n) is 8.87. The Bertz CT molecular complexity index is 771. The molecule has 0 fully saturated rings. The van der Waals surface area contributed by atoms with Crippen molar-refractivity contribution in [2.75, 3.05) is 13.7 Å². The second-order valence-electron chi connectivity index (χ2n) is 5.99. The van der Waals surface area contributed by atoms with Crippen LogP contribution in [-0.4, -0.2) is 19.7 Å². The smallest absolute Gasteiger partial charge is 0.412 e. The molecular weight excluding hydrogens is 330 g/mol. The van der Waals surface area contributed by atoms with Crippen molar-refractivity contribution in [1.29, 1.82) is 0 Å². The van der Waals surface area contributed by atoms with Crippen LogP contribution in [-0.2, 0) is 13.0 Å². The molecule has 2 aromatic rings. The van der Waals surface area contributed by atoms with Crippen molar-refractivity contribution in [3.05, 3.63) is 52.6 Å².